The number of nitrogens with zero attached hydrogens (tertiary/aromatic N) is 4. The van der Waals surface area contributed by atoms with E-state index in [4.69, 9.17) is 0 Å². The lowest BCUT2D eigenvalue weighted by molar-refractivity contribution is 0.0955. The highest BCUT2D eigenvalue weighted by Gasteiger charge is 2.18. The number of hydrazone groups is 1. The summed E-state index contributed by atoms with van der Waals surface area (Å²) in [5.74, 6) is -0.313. The van der Waals surface area contributed by atoms with Crippen LogP contribution in [-0.4, -0.2) is 35.0 Å². The van der Waals surface area contributed by atoms with Gasteiger partial charge in [-0.25, -0.2) is 10.1 Å². The summed E-state index contributed by atoms with van der Waals surface area (Å²) in [4.78, 5) is 15.3. The molecule has 0 saturated heterocycles. The molecule has 0 radical (unpaired) electrons. The summed E-state index contributed by atoms with van der Waals surface area (Å²) in [6, 6.07) is 27.5. The van der Waals surface area contributed by atoms with E-state index in [1.807, 2.05) is 72.8 Å². The largest absolute Gasteiger partial charge is 0.372 e. The molecule has 0 aliphatic carbocycles. The van der Waals surface area contributed by atoms with Gasteiger partial charge in [0.05, 0.1) is 17.5 Å². The molecule has 166 valence electrons. The normalized spacial score (nSPS) is 11.0. The van der Waals surface area contributed by atoms with Crippen LogP contribution in [0, 0.1) is 0 Å². The lowest BCUT2D eigenvalue weighted by Gasteiger charge is -2.20. The van der Waals surface area contributed by atoms with Crippen molar-refractivity contribution in [3.05, 3.63) is 102 Å². The number of carbonyl (C=O) groups excluding carboxylic acids is 1. The quantitative estimate of drug-likeness (QED) is 0.306. The number of hydrogen-bond acceptors (Lipinski definition) is 4. The smallest absolute Gasteiger partial charge is 0.275 e. The lowest BCUT2D eigenvalue weighted by Crippen LogP contribution is -2.21. The second-order valence-electron chi connectivity index (χ2n) is 7.50. The van der Waals surface area contributed by atoms with Crippen molar-refractivity contribution in [1.29, 1.82) is 0 Å². The summed E-state index contributed by atoms with van der Waals surface area (Å²) < 4.78 is 1.72. The summed E-state index contributed by atoms with van der Waals surface area (Å²) in [7, 11) is 0. The Labute approximate surface area is 194 Å². The Morgan fingerprint density at radius 3 is 2.21 bits per heavy atom. The molecule has 1 heterocycles. The minimum atomic E-state index is -0.313. The van der Waals surface area contributed by atoms with Gasteiger partial charge in [-0.15, -0.1) is 0 Å². The fourth-order valence-corrected chi connectivity index (χ4v) is 3.65. The molecule has 0 spiro atoms. The third-order valence-electron chi connectivity index (χ3n) is 5.43. The number of amides is 1. The van der Waals surface area contributed by atoms with Gasteiger partial charge in [-0.1, -0.05) is 60.7 Å². The van der Waals surface area contributed by atoms with Gasteiger partial charge in [0.2, 0.25) is 0 Å². The van der Waals surface area contributed by atoms with E-state index in [2.05, 4.69) is 46.5 Å². The van der Waals surface area contributed by atoms with Crippen molar-refractivity contribution in [2.24, 2.45) is 5.10 Å². The molecule has 1 aromatic heterocycles. The number of anilines is 1. The molecule has 0 fully saturated rings. The van der Waals surface area contributed by atoms with Crippen LogP contribution in [0.2, 0.25) is 0 Å². The van der Waals surface area contributed by atoms with Crippen LogP contribution in [0.4, 0.5) is 5.69 Å². The van der Waals surface area contributed by atoms with Gasteiger partial charge in [-0.3, -0.25) is 4.79 Å². The number of hydrogen-bond donors (Lipinski definition) is 1. The monoisotopic (exact) mass is 437 g/mol. The van der Waals surface area contributed by atoms with E-state index in [0.717, 1.165) is 29.9 Å². The maximum atomic E-state index is 13.0. The van der Waals surface area contributed by atoms with Crippen molar-refractivity contribution in [2.75, 3.05) is 18.0 Å². The zero-order valence-corrected chi connectivity index (χ0v) is 18.8. The number of carbonyl (C=O) groups is 1. The topological polar surface area (TPSA) is 62.5 Å². The highest BCUT2D eigenvalue weighted by molar-refractivity contribution is 6.00. The second kappa shape index (κ2) is 10.4. The van der Waals surface area contributed by atoms with E-state index >= 15 is 0 Å². The third-order valence-corrected chi connectivity index (χ3v) is 5.43. The molecule has 0 saturated carbocycles. The van der Waals surface area contributed by atoms with Gasteiger partial charge >= 0.3 is 0 Å². The van der Waals surface area contributed by atoms with Gasteiger partial charge in [0.1, 0.15) is 5.69 Å². The maximum absolute atomic E-state index is 13.0. The Balaban J connectivity index is 1.54. The highest BCUT2D eigenvalue weighted by Crippen LogP contribution is 2.23. The highest BCUT2D eigenvalue weighted by atomic mass is 16.2. The first-order chi connectivity index (χ1) is 16.2. The number of aromatic nitrogens is 2. The molecular formula is C27H27N5O. The second-order valence-corrected chi connectivity index (χ2v) is 7.50. The summed E-state index contributed by atoms with van der Waals surface area (Å²) >= 11 is 0. The average molecular weight is 438 g/mol. The van der Waals surface area contributed by atoms with Crippen LogP contribution in [0.5, 0.6) is 0 Å². The molecule has 6 heteroatoms. The van der Waals surface area contributed by atoms with Gasteiger partial charge in [-0.2, -0.15) is 10.2 Å². The SMILES string of the molecule is CCN(CC)c1ccc(C=NNC(=O)c2cn(-c3ccccc3)nc2-c2ccccc2)cc1. The van der Waals surface area contributed by atoms with Gasteiger partial charge in [0.25, 0.3) is 5.91 Å². The predicted octanol–water partition coefficient (Wildman–Crippen LogP) is 5.15. The van der Waals surface area contributed by atoms with Crippen LogP contribution in [-0.2, 0) is 0 Å². The zero-order chi connectivity index (χ0) is 23.0. The third kappa shape index (κ3) is 5.18. The van der Waals surface area contributed by atoms with E-state index in [9.17, 15) is 4.79 Å². The molecular weight excluding hydrogens is 410 g/mol. The molecule has 0 unspecified atom stereocenters. The van der Waals surface area contributed by atoms with Crippen LogP contribution in [0.3, 0.4) is 0 Å². The molecule has 3 aromatic carbocycles. The first kappa shape index (κ1) is 22.0. The van der Waals surface area contributed by atoms with E-state index < -0.39 is 0 Å². The summed E-state index contributed by atoms with van der Waals surface area (Å²) in [6.07, 6.45) is 3.38. The Bertz CT molecular complexity index is 1210. The van der Waals surface area contributed by atoms with E-state index in [0.29, 0.717) is 11.3 Å². The molecule has 4 rings (SSSR count). The first-order valence-electron chi connectivity index (χ1n) is 11.1. The molecule has 6 nitrogen and oxygen atoms in total. The van der Waals surface area contributed by atoms with Crippen LogP contribution in [0.25, 0.3) is 16.9 Å². The standard InChI is InChI=1S/C27H27N5O/c1-3-31(4-2)23-17-15-21(16-18-23)19-28-29-27(33)25-20-32(24-13-9-6-10-14-24)30-26(25)22-11-7-5-8-12-22/h5-20H,3-4H2,1-2H3,(H,29,33). The van der Waals surface area contributed by atoms with E-state index in [-0.39, 0.29) is 5.91 Å². The number of benzene rings is 3. The van der Waals surface area contributed by atoms with E-state index in [1.54, 1.807) is 17.1 Å². The Morgan fingerprint density at radius 1 is 0.939 bits per heavy atom. The summed E-state index contributed by atoms with van der Waals surface area (Å²) in [5, 5.41) is 8.85. The average Bonchev–Trinajstić information content (AvgIpc) is 3.33. The molecule has 0 aliphatic rings. The number of nitrogens with one attached hydrogen (secondary N) is 1. The van der Waals surface area contributed by atoms with Crippen molar-refractivity contribution in [3.63, 3.8) is 0 Å². The zero-order valence-electron chi connectivity index (χ0n) is 18.8. The molecule has 1 N–H and O–H groups in total. The van der Waals surface area contributed by atoms with Crippen molar-refractivity contribution in [3.8, 4) is 16.9 Å². The van der Waals surface area contributed by atoms with Gasteiger partial charge in [-0.05, 0) is 43.7 Å². The Kier molecular flexibility index (Phi) is 6.95. The minimum Gasteiger partial charge on any atom is -0.372 e. The summed E-state index contributed by atoms with van der Waals surface area (Å²) in [6.45, 7) is 6.19. The molecule has 0 bridgehead atoms. The van der Waals surface area contributed by atoms with Crippen molar-refractivity contribution < 1.29 is 4.79 Å². The van der Waals surface area contributed by atoms with Gasteiger partial charge in [0.15, 0.2) is 0 Å². The van der Waals surface area contributed by atoms with Crippen LogP contribution in [0.1, 0.15) is 29.8 Å². The maximum Gasteiger partial charge on any atom is 0.275 e. The lowest BCUT2D eigenvalue weighted by atomic mass is 10.1. The molecule has 33 heavy (non-hydrogen) atoms. The summed E-state index contributed by atoms with van der Waals surface area (Å²) in [5.41, 5.74) is 7.54. The molecule has 0 aliphatic heterocycles. The van der Waals surface area contributed by atoms with Crippen molar-refractivity contribution in [1.82, 2.24) is 15.2 Å². The van der Waals surface area contributed by atoms with Crippen LogP contribution < -0.4 is 10.3 Å². The van der Waals surface area contributed by atoms with Crippen LogP contribution >= 0.6 is 0 Å². The fourth-order valence-electron chi connectivity index (χ4n) is 3.65. The number of rotatable bonds is 8. The van der Waals surface area contributed by atoms with Crippen LogP contribution in [0.15, 0.2) is 96.2 Å². The first-order valence-corrected chi connectivity index (χ1v) is 11.1. The number of para-hydroxylation sites is 1. The van der Waals surface area contributed by atoms with Crippen molar-refractivity contribution in [2.45, 2.75) is 13.8 Å². The predicted molar refractivity (Wildman–Crippen MR) is 134 cm³/mol. The minimum absolute atomic E-state index is 0.313. The Hall–Kier alpha value is -4.19. The molecule has 0 atom stereocenters. The van der Waals surface area contributed by atoms with Gasteiger partial charge < -0.3 is 4.90 Å². The fraction of sp³-hybridized carbons (Fsp3) is 0.148. The van der Waals surface area contributed by atoms with Gasteiger partial charge in [0, 0.05) is 30.5 Å². The van der Waals surface area contributed by atoms with E-state index in [1.165, 1.54) is 5.69 Å². The van der Waals surface area contributed by atoms with Crippen molar-refractivity contribution >= 4 is 17.8 Å². The molecule has 4 aromatic rings. The molecule has 1 amide bonds. The Morgan fingerprint density at radius 2 is 1.58 bits per heavy atom.